The molecule has 1 aromatic carbocycles. The van der Waals surface area contributed by atoms with Gasteiger partial charge in [0.2, 0.25) is 0 Å². The third kappa shape index (κ3) is 2.33. The average molecular weight is 246 g/mol. The first-order valence-electron chi connectivity index (χ1n) is 4.72. The summed E-state index contributed by atoms with van der Waals surface area (Å²) in [6.45, 7) is 1.80. The number of halogens is 1. The van der Waals surface area contributed by atoms with E-state index >= 15 is 0 Å². The summed E-state index contributed by atoms with van der Waals surface area (Å²) in [6.07, 6.45) is 0.967. The molecule has 0 bridgehead atoms. The molecule has 5 heteroatoms. The Bertz CT molecular complexity index is 484. The molecule has 0 unspecified atom stereocenters. The number of rotatable bonds is 1. The maximum atomic E-state index is 11.2. The van der Waals surface area contributed by atoms with Crippen molar-refractivity contribution in [1.29, 1.82) is 0 Å². The van der Waals surface area contributed by atoms with Gasteiger partial charge in [-0.1, -0.05) is 6.07 Å². The molecule has 0 aromatic heterocycles. The van der Waals surface area contributed by atoms with E-state index in [9.17, 15) is 8.42 Å². The minimum absolute atomic E-state index is 0.193. The molecule has 0 radical (unpaired) electrons. The number of fused-ring (bicyclic) bond motifs is 1. The predicted octanol–water partition coefficient (Wildman–Crippen LogP) is 1.60. The molecule has 0 aliphatic carbocycles. The molecule has 0 saturated heterocycles. The normalized spacial score (nSPS) is 17.5. The minimum atomic E-state index is -3.60. The number of hydrogen-bond donors (Lipinski definition) is 0. The molecule has 15 heavy (non-hydrogen) atoms. The molecule has 1 aliphatic heterocycles. The molecular weight excluding hydrogens is 234 g/mol. The van der Waals surface area contributed by atoms with Crippen LogP contribution in [0.1, 0.15) is 11.1 Å². The summed E-state index contributed by atoms with van der Waals surface area (Å²) in [6, 6.07) is 5.11. The van der Waals surface area contributed by atoms with Gasteiger partial charge in [-0.15, -0.1) is 0 Å². The van der Waals surface area contributed by atoms with Gasteiger partial charge in [0.05, 0.1) is 4.90 Å². The van der Waals surface area contributed by atoms with Gasteiger partial charge >= 0.3 is 0 Å². The van der Waals surface area contributed by atoms with Crippen LogP contribution < -0.4 is 0 Å². The Morgan fingerprint density at radius 2 is 2.07 bits per heavy atom. The second-order valence-electron chi connectivity index (χ2n) is 3.86. The van der Waals surface area contributed by atoms with Crippen molar-refractivity contribution in [2.24, 2.45) is 0 Å². The third-order valence-corrected chi connectivity index (χ3v) is 4.01. The second-order valence-corrected chi connectivity index (χ2v) is 6.42. The first-order chi connectivity index (χ1) is 6.97. The van der Waals surface area contributed by atoms with Crippen molar-refractivity contribution in [1.82, 2.24) is 4.90 Å². The largest absolute Gasteiger partial charge is 0.302 e. The summed E-state index contributed by atoms with van der Waals surface area (Å²) in [5.41, 5.74) is 2.28. The first kappa shape index (κ1) is 10.9. The van der Waals surface area contributed by atoms with Gasteiger partial charge in [0, 0.05) is 23.8 Å². The van der Waals surface area contributed by atoms with Crippen LogP contribution in [0.2, 0.25) is 0 Å². The zero-order valence-corrected chi connectivity index (χ0v) is 9.98. The predicted molar refractivity (Wildman–Crippen MR) is 59.5 cm³/mol. The lowest BCUT2D eigenvalue weighted by Gasteiger charge is -2.25. The van der Waals surface area contributed by atoms with Crippen LogP contribution in [0.4, 0.5) is 0 Å². The van der Waals surface area contributed by atoms with Crippen LogP contribution in [0.25, 0.3) is 0 Å². The van der Waals surface area contributed by atoms with E-state index in [4.69, 9.17) is 10.7 Å². The summed E-state index contributed by atoms with van der Waals surface area (Å²) in [5.74, 6) is 0. The summed E-state index contributed by atoms with van der Waals surface area (Å²) >= 11 is 0. The third-order valence-electron chi connectivity index (χ3n) is 2.66. The summed E-state index contributed by atoms with van der Waals surface area (Å²) in [5, 5.41) is 0. The monoisotopic (exact) mass is 245 g/mol. The van der Waals surface area contributed by atoms with E-state index in [0.717, 1.165) is 25.1 Å². The fraction of sp³-hybridized carbons (Fsp3) is 0.400. The van der Waals surface area contributed by atoms with E-state index in [0.29, 0.717) is 0 Å². The van der Waals surface area contributed by atoms with Crippen molar-refractivity contribution < 1.29 is 8.42 Å². The Hall–Kier alpha value is -0.580. The zero-order chi connectivity index (χ0) is 11.1. The highest BCUT2D eigenvalue weighted by molar-refractivity contribution is 8.13. The Morgan fingerprint density at radius 3 is 2.73 bits per heavy atom. The lowest BCUT2D eigenvalue weighted by atomic mass is 10.0. The second kappa shape index (κ2) is 3.77. The molecule has 0 amide bonds. The first-order valence-corrected chi connectivity index (χ1v) is 7.03. The SMILES string of the molecule is CN1CCc2ccc(S(=O)(=O)Cl)cc2C1. The molecule has 82 valence electrons. The highest BCUT2D eigenvalue weighted by atomic mass is 35.7. The molecule has 0 atom stereocenters. The van der Waals surface area contributed by atoms with Crippen LogP contribution in [-0.4, -0.2) is 26.9 Å². The van der Waals surface area contributed by atoms with Gasteiger partial charge in [0.1, 0.15) is 0 Å². The van der Waals surface area contributed by atoms with E-state index in [1.54, 1.807) is 12.1 Å². The summed E-state index contributed by atoms with van der Waals surface area (Å²) in [4.78, 5) is 2.35. The maximum absolute atomic E-state index is 11.2. The Morgan fingerprint density at radius 1 is 1.33 bits per heavy atom. The molecule has 2 rings (SSSR count). The fourth-order valence-corrected chi connectivity index (χ4v) is 2.63. The van der Waals surface area contributed by atoms with Gasteiger partial charge in [0.15, 0.2) is 0 Å². The van der Waals surface area contributed by atoms with E-state index in [-0.39, 0.29) is 4.90 Å². The number of benzene rings is 1. The molecule has 1 aliphatic rings. The van der Waals surface area contributed by atoms with Crippen LogP contribution in [-0.2, 0) is 22.0 Å². The van der Waals surface area contributed by atoms with Crippen molar-refractivity contribution in [2.45, 2.75) is 17.9 Å². The van der Waals surface area contributed by atoms with Crippen molar-refractivity contribution in [2.75, 3.05) is 13.6 Å². The molecule has 0 N–H and O–H groups in total. The Kier molecular flexibility index (Phi) is 2.75. The average Bonchev–Trinajstić information content (AvgIpc) is 2.15. The van der Waals surface area contributed by atoms with Crippen molar-refractivity contribution in [3.8, 4) is 0 Å². The quantitative estimate of drug-likeness (QED) is 0.706. The van der Waals surface area contributed by atoms with Gasteiger partial charge < -0.3 is 4.90 Å². The van der Waals surface area contributed by atoms with E-state index in [2.05, 4.69) is 4.90 Å². The van der Waals surface area contributed by atoms with Crippen LogP contribution in [0.5, 0.6) is 0 Å². The lowest BCUT2D eigenvalue weighted by molar-refractivity contribution is 0.312. The zero-order valence-electron chi connectivity index (χ0n) is 8.40. The number of hydrogen-bond acceptors (Lipinski definition) is 3. The molecule has 0 saturated carbocycles. The summed E-state index contributed by atoms with van der Waals surface area (Å²) < 4.78 is 22.3. The van der Waals surface area contributed by atoms with Crippen molar-refractivity contribution in [3.05, 3.63) is 29.3 Å². The standard InChI is InChI=1S/C10H12ClNO2S/c1-12-5-4-8-2-3-10(15(11,13)14)6-9(8)7-12/h2-3,6H,4-5,7H2,1H3. The topological polar surface area (TPSA) is 37.4 Å². The van der Waals surface area contributed by atoms with Crippen LogP contribution in [0.15, 0.2) is 23.1 Å². The van der Waals surface area contributed by atoms with E-state index < -0.39 is 9.05 Å². The molecule has 1 aromatic rings. The molecule has 0 spiro atoms. The van der Waals surface area contributed by atoms with Crippen LogP contribution >= 0.6 is 10.7 Å². The van der Waals surface area contributed by atoms with Gasteiger partial charge in [-0.2, -0.15) is 0 Å². The Balaban J connectivity index is 2.46. The fourth-order valence-electron chi connectivity index (χ4n) is 1.83. The van der Waals surface area contributed by atoms with E-state index in [1.807, 2.05) is 13.1 Å². The minimum Gasteiger partial charge on any atom is -0.302 e. The molecular formula is C10H12ClNO2S. The number of nitrogens with zero attached hydrogens (tertiary/aromatic N) is 1. The molecule has 0 fully saturated rings. The molecule has 3 nitrogen and oxygen atoms in total. The highest BCUT2D eigenvalue weighted by Crippen LogP contribution is 2.23. The van der Waals surface area contributed by atoms with Crippen molar-refractivity contribution >= 4 is 19.7 Å². The maximum Gasteiger partial charge on any atom is 0.261 e. The lowest BCUT2D eigenvalue weighted by Crippen LogP contribution is -2.26. The van der Waals surface area contributed by atoms with Crippen LogP contribution in [0.3, 0.4) is 0 Å². The highest BCUT2D eigenvalue weighted by Gasteiger charge is 2.17. The van der Waals surface area contributed by atoms with Crippen LogP contribution in [0, 0.1) is 0 Å². The Labute approximate surface area is 94.1 Å². The van der Waals surface area contributed by atoms with Gasteiger partial charge in [-0.3, -0.25) is 0 Å². The van der Waals surface area contributed by atoms with Gasteiger partial charge in [0.25, 0.3) is 9.05 Å². The van der Waals surface area contributed by atoms with Gasteiger partial charge in [-0.25, -0.2) is 8.42 Å². The number of likely N-dealkylation sites (N-methyl/N-ethyl adjacent to an activating group) is 1. The smallest absolute Gasteiger partial charge is 0.261 e. The van der Waals surface area contributed by atoms with Crippen molar-refractivity contribution in [3.63, 3.8) is 0 Å². The van der Waals surface area contributed by atoms with Gasteiger partial charge in [-0.05, 0) is 36.7 Å². The molecule has 1 heterocycles. The summed E-state index contributed by atoms with van der Waals surface area (Å²) in [7, 11) is 3.71. The van der Waals surface area contributed by atoms with E-state index in [1.165, 1.54) is 5.56 Å².